The standard InChI is InChI=1S/C46H62N4O11/c1-8-59-43-30(5)40(53)37-36-38(43)45(57)60-25-12-11-17-35(61-31(6)51)29(4)34(52)19-18-28(3)46(7,58)20-13-14-27(2)44(56)48-39(42(37)55)33(41(36)54)26-47-50-23-21-49(22-24-50)32-15-9-10-16-32/h12-14,20,25-26,28-29,32,34-35,52-53,58H,8-11,15-19,21-24H2,1-7H3,(H,48,56)/b20-13+,25-12+,27-14-,47-26+/t28?,29-,34?,35?,46?/m1/s1. The third-order valence-corrected chi connectivity index (χ3v) is 12.5. The van der Waals surface area contributed by atoms with Crippen LogP contribution in [0.2, 0.25) is 0 Å². The zero-order valence-corrected chi connectivity index (χ0v) is 36.5. The van der Waals surface area contributed by atoms with Gasteiger partial charge in [0.25, 0.3) is 5.91 Å². The number of aliphatic hydroxyl groups excluding tert-OH is 1. The number of aliphatic hydroxyl groups is 2. The zero-order valence-electron chi connectivity index (χ0n) is 36.5. The van der Waals surface area contributed by atoms with Crippen molar-refractivity contribution in [2.45, 2.75) is 124 Å². The van der Waals surface area contributed by atoms with Gasteiger partial charge in [-0.15, -0.1) is 0 Å². The molecule has 6 rings (SSSR count). The fourth-order valence-electron chi connectivity index (χ4n) is 8.35. The second kappa shape index (κ2) is 20.6. The first-order valence-corrected chi connectivity index (χ1v) is 21.5. The minimum absolute atomic E-state index is 0.00121. The summed E-state index contributed by atoms with van der Waals surface area (Å²) in [5.41, 5.74) is -3.31. The van der Waals surface area contributed by atoms with Crippen molar-refractivity contribution >= 4 is 35.6 Å². The van der Waals surface area contributed by atoms with E-state index in [-0.39, 0.29) is 53.4 Å². The van der Waals surface area contributed by atoms with Gasteiger partial charge in [0, 0.05) is 56.2 Å². The van der Waals surface area contributed by atoms with Crippen LogP contribution in [0.4, 0.5) is 0 Å². The van der Waals surface area contributed by atoms with E-state index in [0.29, 0.717) is 32.0 Å². The van der Waals surface area contributed by atoms with E-state index in [1.807, 2.05) is 6.92 Å². The highest BCUT2D eigenvalue weighted by Gasteiger charge is 2.42. The molecule has 4 N–H and O–H groups in total. The van der Waals surface area contributed by atoms with Crippen LogP contribution < -0.4 is 10.1 Å². The average Bonchev–Trinajstić information content (AvgIpc) is 3.77. The molecule has 61 heavy (non-hydrogen) atoms. The van der Waals surface area contributed by atoms with Crippen molar-refractivity contribution in [2.24, 2.45) is 16.9 Å². The number of amides is 1. The molecule has 5 aliphatic rings. The molecule has 0 aromatic heterocycles. The molecule has 1 saturated heterocycles. The quantitative estimate of drug-likeness (QED) is 0.208. The monoisotopic (exact) mass is 846 g/mol. The smallest absolute Gasteiger partial charge is 0.347 e. The number of nitrogens with zero attached hydrogens (tertiary/aromatic N) is 3. The number of allylic oxidation sites excluding steroid dienone is 5. The number of ketones is 2. The maximum Gasteiger partial charge on any atom is 0.347 e. The summed E-state index contributed by atoms with van der Waals surface area (Å²) >= 11 is 0. The summed E-state index contributed by atoms with van der Waals surface area (Å²) in [7, 11) is 0. The Balaban J connectivity index is 1.59. The lowest BCUT2D eigenvalue weighted by atomic mass is 9.82. The van der Waals surface area contributed by atoms with Crippen LogP contribution in [0.25, 0.3) is 0 Å². The molecular formula is C46H62N4O11. The fraction of sp³-hybridized carbons (Fsp3) is 0.565. The molecule has 15 nitrogen and oxygen atoms in total. The van der Waals surface area contributed by atoms with Gasteiger partial charge in [-0.3, -0.25) is 29.1 Å². The lowest BCUT2D eigenvalue weighted by Crippen LogP contribution is -2.48. The van der Waals surface area contributed by atoms with Gasteiger partial charge in [-0.2, -0.15) is 5.10 Å². The molecule has 332 valence electrons. The van der Waals surface area contributed by atoms with E-state index in [4.69, 9.17) is 14.2 Å². The van der Waals surface area contributed by atoms with Crippen molar-refractivity contribution in [3.8, 4) is 11.5 Å². The summed E-state index contributed by atoms with van der Waals surface area (Å²) < 4.78 is 16.9. The number of carbonyl (C=O) groups excluding carboxylic acids is 5. The van der Waals surface area contributed by atoms with Crippen molar-refractivity contribution in [3.63, 3.8) is 0 Å². The summed E-state index contributed by atoms with van der Waals surface area (Å²) in [5, 5.41) is 43.0. The fourth-order valence-corrected chi connectivity index (χ4v) is 8.35. The second-order valence-electron chi connectivity index (χ2n) is 16.8. The van der Waals surface area contributed by atoms with Crippen molar-refractivity contribution in [3.05, 3.63) is 69.7 Å². The van der Waals surface area contributed by atoms with Gasteiger partial charge in [-0.25, -0.2) is 4.79 Å². The number of carbonyl (C=O) groups is 5. The van der Waals surface area contributed by atoms with E-state index in [1.54, 1.807) is 25.8 Å². The van der Waals surface area contributed by atoms with E-state index >= 15 is 0 Å². The number of phenolic OH excluding ortho intramolecular Hbond substituents is 1. The van der Waals surface area contributed by atoms with Crippen molar-refractivity contribution < 1.29 is 53.5 Å². The van der Waals surface area contributed by atoms with E-state index in [0.717, 1.165) is 32.2 Å². The van der Waals surface area contributed by atoms with Gasteiger partial charge in [0.05, 0.1) is 47.5 Å². The molecule has 1 amide bonds. The minimum atomic E-state index is -1.35. The Morgan fingerprint density at radius 3 is 2.34 bits per heavy atom. The van der Waals surface area contributed by atoms with Gasteiger partial charge in [0.2, 0.25) is 5.78 Å². The van der Waals surface area contributed by atoms with Crippen LogP contribution in [0.1, 0.15) is 130 Å². The van der Waals surface area contributed by atoms with Gasteiger partial charge in [0.1, 0.15) is 28.9 Å². The van der Waals surface area contributed by atoms with E-state index < -0.39 is 75.7 Å². The normalized spacial score (nSPS) is 28.9. The molecule has 3 aliphatic heterocycles. The molecule has 3 heterocycles. The van der Waals surface area contributed by atoms with Gasteiger partial charge < -0.3 is 34.8 Å². The number of piperazine rings is 1. The summed E-state index contributed by atoms with van der Waals surface area (Å²) in [4.78, 5) is 71.7. The Bertz CT molecular complexity index is 2000. The van der Waals surface area contributed by atoms with Gasteiger partial charge in [-0.1, -0.05) is 44.9 Å². The summed E-state index contributed by atoms with van der Waals surface area (Å²) in [6.07, 6.45) is 12.8. The molecule has 5 atom stereocenters. The molecule has 1 aromatic rings. The van der Waals surface area contributed by atoms with E-state index in [2.05, 4.69) is 15.3 Å². The van der Waals surface area contributed by atoms with Crippen LogP contribution in [-0.4, -0.2) is 117 Å². The number of rotatable bonds is 6. The number of Topliss-reactive ketones (excluding diaryl/α,β-unsaturated/α-hetero) is 2. The number of esters is 2. The Morgan fingerprint density at radius 1 is 1.00 bits per heavy atom. The first-order valence-electron chi connectivity index (χ1n) is 21.5. The van der Waals surface area contributed by atoms with Gasteiger partial charge >= 0.3 is 11.9 Å². The number of phenols is 1. The zero-order chi connectivity index (χ0) is 44.6. The molecule has 1 aromatic carbocycles. The lowest BCUT2D eigenvalue weighted by Gasteiger charge is -2.36. The van der Waals surface area contributed by atoms with Crippen molar-refractivity contribution in [1.82, 2.24) is 15.2 Å². The molecule has 2 aliphatic carbocycles. The Hall–Kier alpha value is -5.12. The molecule has 4 unspecified atom stereocenters. The minimum Gasteiger partial charge on any atom is -0.507 e. The van der Waals surface area contributed by atoms with Crippen molar-refractivity contribution in [1.29, 1.82) is 0 Å². The molecule has 1 saturated carbocycles. The number of nitrogens with one attached hydrogen (secondary N) is 1. The number of ether oxygens (including phenoxy) is 3. The molecule has 0 spiro atoms. The van der Waals surface area contributed by atoms with Crippen LogP contribution in [-0.2, 0) is 19.1 Å². The van der Waals surface area contributed by atoms with Crippen LogP contribution in [0, 0.1) is 18.8 Å². The highest BCUT2D eigenvalue weighted by Crippen LogP contribution is 2.43. The van der Waals surface area contributed by atoms with Crippen LogP contribution in [0.3, 0.4) is 0 Å². The number of hydrogen-bond acceptors (Lipinski definition) is 14. The van der Waals surface area contributed by atoms with E-state index in [9.17, 15) is 39.3 Å². The highest BCUT2D eigenvalue weighted by atomic mass is 16.5. The predicted molar refractivity (Wildman–Crippen MR) is 228 cm³/mol. The van der Waals surface area contributed by atoms with Crippen LogP contribution >= 0.6 is 0 Å². The maximum absolute atomic E-state index is 14.8. The lowest BCUT2D eigenvalue weighted by molar-refractivity contribution is -0.151. The summed E-state index contributed by atoms with van der Waals surface area (Å²) in [5.74, 6) is -5.68. The van der Waals surface area contributed by atoms with Crippen molar-refractivity contribution in [2.75, 3.05) is 32.8 Å². The van der Waals surface area contributed by atoms with Crippen LogP contribution in [0.15, 0.2) is 52.5 Å². The number of aromatic hydroxyl groups is 1. The Morgan fingerprint density at radius 2 is 1.69 bits per heavy atom. The molecular weight excluding hydrogens is 785 g/mol. The number of benzene rings is 1. The Kier molecular flexibility index (Phi) is 15.9. The first kappa shape index (κ1) is 46.9. The first-order chi connectivity index (χ1) is 29.0. The SMILES string of the molecule is CCOc1c(C)c(O)c2c3c1C(=O)O/C=C/CCC(OC(C)=O)[C@H](C)C(O)CCC(C)C(C)(O)/C=C/C=C(/C)C(=O)NC(=C(/C=N/N1CCN(C4CCCC4)CC1)C3=O)C2=O. The second-order valence-corrected chi connectivity index (χ2v) is 16.8. The van der Waals surface area contributed by atoms with Gasteiger partial charge in [-0.05, 0) is 78.2 Å². The van der Waals surface area contributed by atoms with Gasteiger partial charge in [0.15, 0.2) is 5.78 Å². The maximum atomic E-state index is 14.8. The average molecular weight is 847 g/mol. The summed E-state index contributed by atoms with van der Waals surface area (Å²) in [6, 6.07) is 0.537. The Labute approximate surface area is 358 Å². The number of hydrazone groups is 1. The number of hydrogen-bond donors (Lipinski definition) is 4. The molecule has 2 fully saturated rings. The third-order valence-electron chi connectivity index (χ3n) is 12.5. The largest absolute Gasteiger partial charge is 0.507 e. The molecule has 15 heteroatoms. The molecule has 4 bridgehead atoms. The third kappa shape index (κ3) is 11.0. The highest BCUT2D eigenvalue weighted by molar-refractivity contribution is 6.37. The summed E-state index contributed by atoms with van der Waals surface area (Å²) in [6.45, 7) is 13.8. The topological polar surface area (TPSA) is 205 Å². The van der Waals surface area contributed by atoms with E-state index in [1.165, 1.54) is 64.1 Å². The predicted octanol–water partition coefficient (Wildman–Crippen LogP) is 5.46. The molecule has 0 radical (unpaired) electrons. The number of fused-ring (bicyclic) bond motifs is 16. The van der Waals surface area contributed by atoms with Crippen LogP contribution in [0.5, 0.6) is 11.5 Å².